The fourth-order valence-corrected chi connectivity index (χ4v) is 5.08. The molecule has 1 saturated heterocycles. The van der Waals surface area contributed by atoms with E-state index >= 15 is 0 Å². The molecule has 0 aliphatic carbocycles. The number of hydrogen-bond donors (Lipinski definition) is 1. The second-order valence-corrected chi connectivity index (χ2v) is 9.96. The maximum atomic E-state index is 13.9. The molecule has 1 fully saturated rings. The van der Waals surface area contributed by atoms with Crippen LogP contribution in [0.4, 0.5) is 18.3 Å². The topological polar surface area (TPSA) is 80.2 Å². The molecule has 3 heterocycles. The Morgan fingerprint density at radius 1 is 1.31 bits per heavy atom. The van der Waals surface area contributed by atoms with Crippen LogP contribution in [-0.4, -0.2) is 45.0 Å². The number of carbonyl (C=O) groups excluding carboxylic acids is 1. The van der Waals surface area contributed by atoms with Crippen molar-refractivity contribution in [2.24, 2.45) is 0 Å². The van der Waals surface area contributed by atoms with Gasteiger partial charge in [0.05, 0.1) is 30.3 Å². The van der Waals surface area contributed by atoms with Gasteiger partial charge in [-0.25, -0.2) is 15.0 Å². The highest BCUT2D eigenvalue weighted by Crippen LogP contribution is 2.41. The maximum Gasteiger partial charge on any atom is 0.419 e. The molecule has 36 heavy (non-hydrogen) atoms. The van der Waals surface area contributed by atoms with Crippen molar-refractivity contribution >= 4 is 34.0 Å². The van der Waals surface area contributed by atoms with Gasteiger partial charge >= 0.3 is 6.18 Å². The third-order valence-electron chi connectivity index (χ3n) is 5.83. The zero-order valence-corrected chi connectivity index (χ0v) is 21.3. The second kappa shape index (κ2) is 11.1. The van der Waals surface area contributed by atoms with E-state index in [4.69, 9.17) is 16.3 Å². The summed E-state index contributed by atoms with van der Waals surface area (Å²) in [6.45, 7) is 5.53. The minimum Gasteiger partial charge on any atom is -0.493 e. The number of aromatic nitrogens is 3. The largest absolute Gasteiger partial charge is 0.493 e. The van der Waals surface area contributed by atoms with Crippen molar-refractivity contribution < 1.29 is 22.7 Å². The summed E-state index contributed by atoms with van der Waals surface area (Å²) in [7, 11) is 0. The molecule has 2 aromatic heterocycles. The zero-order chi connectivity index (χ0) is 25.9. The van der Waals surface area contributed by atoms with E-state index in [0.717, 1.165) is 30.3 Å². The molecule has 12 heteroatoms. The van der Waals surface area contributed by atoms with Crippen molar-refractivity contribution in [2.75, 3.05) is 18.5 Å². The first-order chi connectivity index (χ1) is 17.2. The van der Waals surface area contributed by atoms with Crippen molar-refractivity contribution in [1.82, 2.24) is 19.9 Å². The Kier molecular flexibility index (Phi) is 8.11. The van der Waals surface area contributed by atoms with Crippen LogP contribution < -0.4 is 10.1 Å². The molecule has 1 N–H and O–H groups in total. The first kappa shape index (κ1) is 26.3. The predicted octanol–water partition coefficient (Wildman–Crippen LogP) is 6.30. The molecular formula is C24H25ClF3N5O2S. The van der Waals surface area contributed by atoms with Crippen LogP contribution in [0.15, 0.2) is 30.6 Å². The molecule has 1 amide bonds. The molecule has 0 saturated carbocycles. The molecule has 0 radical (unpaired) electrons. The fourth-order valence-electron chi connectivity index (χ4n) is 3.98. The van der Waals surface area contributed by atoms with Crippen molar-refractivity contribution in [3.05, 3.63) is 51.9 Å². The number of hydrogen-bond acceptors (Lipinski definition) is 7. The lowest BCUT2D eigenvalue weighted by Crippen LogP contribution is -2.25. The fraction of sp³-hybridized carbons (Fsp3) is 0.417. The van der Waals surface area contributed by atoms with Gasteiger partial charge in [0, 0.05) is 23.0 Å². The highest BCUT2D eigenvalue weighted by atomic mass is 35.5. The number of nitrogens with one attached hydrogen (secondary N) is 1. The molecule has 0 spiro atoms. The summed E-state index contributed by atoms with van der Waals surface area (Å²) in [6.07, 6.45) is 0.590. The van der Waals surface area contributed by atoms with E-state index in [1.807, 2.05) is 6.92 Å². The highest BCUT2D eigenvalue weighted by molar-refractivity contribution is 7.16. The molecule has 1 aliphatic heterocycles. The lowest BCUT2D eigenvalue weighted by Gasteiger charge is -2.20. The Labute approximate surface area is 215 Å². The van der Waals surface area contributed by atoms with E-state index in [1.165, 1.54) is 29.8 Å². The third kappa shape index (κ3) is 6.13. The highest BCUT2D eigenvalue weighted by Gasteiger charge is 2.35. The molecule has 3 aromatic rings. The number of benzene rings is 1. The van der Waals surface area contributed by atoms with Gasteiger partial charge in [-0.2, -0.15) is 13.2 Å². The number of carbonyl (C=O) groups is 1. The van der Waals surface area contributed by atoms with E-state index in [-0.39, 0.29) is 28.3 Å². The van der Waals surface area contributed by atoms with Crippen LogP contribution in [0.5, 0.6) is 5.75 Å². The molecular weight excluding hydrogens is 515 g/mol. The summed E-state index contributed by atoms with van der Waals surface area (Å²) in [6, 6.07) is 4.31. The monoisotopic (exact) mass is 539 g/mol. The number of likely N-dealkylation sites (tertiary alicyclic amines) is 1. The molecule has 0 unspecified atom stereocenters. The molecule has 0 bridgehead atoms. The van der Waals surface area contributed by atoms with Gasteiger partial charge in [0.25, 0.3) is 5.91 Å². The first-order valence-electron chi connectivity index (χ1n) is 11.5. The van der Waals surface area contributed by atoms with E-state index < -0.39 is 17.6 Å². The van der Waals surface area contributed by atoms with Crippen molar-refractivity contribution in [2.45, 2.75) is 51.9 Å². The van der Waals surface area contributed by atoms with Crippen LogP contribution in [0.2, 0.25) is 5.15 Å². The predicted molar refractivity (Wildman–Crippen MR) is 132 cm³/mol. The SMILES string of the molecule is CCCOc1ccc(-c2nc(NC(=O)c3cnc(Cl)cn3)sc2CN2CCC[C@H]2C)cc1C(F)(F)F. The number of thiazole rings is 1. The standard InChI is InChI=1S/C24H25ClF3N5O2S/c1-3-9-35-18-7-6-15(10-16(18)24(26,27)28)21-19(13-33-8-4-5-14(33)2)36-23(31-21)32-22(34)17-11-30-20(25)12-29-17/h6-7,10-12,14H,3-5,8-9,13H2,1-2H3,(H,31,32,34)/t14-/m1/s1. The van der Waals surface area contributed by atoms with Crippen LogP contribution >= 0.6 is 22.9 Å². The number of alkyl halides is 3. The number of rotatable bonds is 8. The normalized spacial score (nSPS) is 16.3. The summed E-state index contributed by atoms with van der Waals surface area (Å²) in [5.41, 5.74) is -0.119. The smallest absolute Gasteiger partial charge is 0.419 e. The average Bonchev–Trinajstić information content (AvgIpc) is 3.43. The van der Waals surface area contributed by atoms with Crippen molar-refractivity contribution in [3.8, 4) is 17.0 Å². The summed E-state index contributed by atoms with van der Waals surface area (Å²) >= 11 is 6.97. The van der Waals surface area contributed by atoms with Gasteiger partial charge in [-0.05, 0) is 50.9 Å². The third-order valence-corrected chi connectivity index (χ3v) is 6.98. The Bertz CT molecular complexity index is 1220. The molecule has 1 aliphatic rings. The van der Waals surface area contributed by atoms with E-state index in [1.54, 1.807) is 6.07 Å². The maximum absolute atomic E-state index is 13.9. The van der Waals surface area contributed by atoms with E-state index in [2.05, 4.69) is 32.1 Å². The number of anilines is 1. The Hall–Kier alpha value is -2.76. The second-order valence-electron chi connectivity index (χ2n) is 8.49. The summed E-state index contributed by atoms with van der Waals surface area (Å²) in [4.78, 5) is 28.0. The van der Waals surface area contributed by atoms with Gasteiger partial charge < -0.3 is 4.74 Å². The van der Waals surface area contributed by atoms with E-state index in [0.29, 0.717) is 30.3 Å². The summed E-state index contributed by atoms with van der Waals surface area (Å²) < 4.78 is 46.9. The zero-order valence-electron chi connectivity index (χ0n) is 19.7. The van der Waals surface area contributed by atoms with Gasteiger partial charge in [0.2, 0.25) is 0 Å². The van der Waals surface area contributed by atoms with Crippen LogP contribution in [0.3, 0.4) is 0 Å². The molecule has 7 nitrogen and oxygen atoms in total. The Morgan fingerprint density at radius 3 is 2.75 bits per heavy atom. The van der Waals surface area contributed by atoms with Crippen LogP contribution in [0, 0.1) is 0 Å². The minimum atomic E-state index is -4.59. The molecule has 4 rings (SSSR count). The van der Waals surface area contributed by atoms with Crippen LogP contribution in [0.1, 0.15) is 54.0 Å². The van der Waals surface area contributed by atoms with Gasteiger partial charge in [-0.15, -0.1) is 0 Å². The Morgan fingerprint density at radius 2 is 2.11 bits per heavy atom. The first-order valence-corrected chi connectivity index (χ1v) is 12.7. The molecule has 1 atom stereocenters. The quantitative estimate of drug-likeness (QED) is 0.362. The van der Waals surface area contributed by atoms with E-state index in [9.17, 15) is 18.0 Å². The number of halogens is 4. The number of ether oxygens (including phenoxy) is 1. The lowest BCUT2D eigenvalue weighted by molar-refractivity contribution is -0.138. The van der Waals surface area contributed by atoms with Crippen molar-refractivity contribution in [3.63, 3.8) is 0 Å². The van der Waals surface area contributed by atoms with Gasteiger partial charge in [-0.1, -0.05) is 29.9 Å². The summed E-state index contributed by atoms with van der Waals surface area (Å²) in [5.74, 6) is -0.757. The number of nitrogens with zero attached hydrogens (tertiary/aromatic N) is 4. The van der Waals surface area contributed by atoms with Crippen LogP contribution in [0.25, 0.3) is 11.3 Å². The minimum absolute atomic E-state index is 0.0441. The number of amides is 1. The van der Waals surface area contributed by atoms with Gasteiger partial charge in [0.15, 0.2) is 5.13 Å². The van der Waals surface area contributed by atoms with Crippen molar-refractivity contribution in [1.29, 1.82) is 0 Å². The van der Waals surface area contributed by atoms with Gasteiger partial charge in [-0.3, -0.25) is 15.0 Å². The molecule has 192 valence electrons. The summed E-state index contributed by atoms with van der Waals surface area (Å²) in [5, 5.41) is 3.09. The Balaban J connectivity index is 1.70. The average molecular weight is 540 g/mol. The lowest BCUT2D eigenvalue weighted by atomic mass is 10.1. The van der Waals surface area contributed by atoms with Gasteiger partial charge in [0.1, 0.15) is 16.6 Å². The van der Waals surface area contributed by atoms with Crippen LogP contribution in [-0.2, 0) is 12.7 Å². The molecule has 1 aromatic carbocycles.